The monoisotopic (exact) mass is 269 g/mol. The molecule has 1 fully saturated rings. The van der Waals surface area contributed by atoms with Crippen LogP contribution in [0.5, 0.6) is 0 Å². The van der Waals surface area contributed by atoms with E-state index in [0.29, 0.717) is 12.6 Å². The van der Waals surface area contributed by atoms with Crippen molar-refractivity contribution in [3.05, 3.63) is 35.9 Å². The minimum Gasteiger partial charge on any atom is -0.354 e. The Morgan fingerprint density at radius 1 is 1.25 bits per heavy atom. The van der Waals surface area contributed by atoms with Crippen LogP contribution in [0, 0.1) is 0 Å². The van der Waals surface area contributed by atoms with Gasteiger partial charge in [-0.05, 0) is 37.5 Å². The van der Waals surface area contributed by atoms with Crippen molar-refractivity contribution in [2.24, 2.45) is 5.73 Å². The summed E-state index contributed by atoms with van der Waals surface area (Å²) in [5.74, 6) is 1.10. The fourth-order valence-corrected chi connectivity index (χ4v) is 3.37. The van der Waals surface area contributed by atoms with Gasteiger partial charge in [0.15, 0.2) is 0 Å². The molecule has 1 aliphatic carbocycles. The molecule has 0 amide bonds. The molecule has 0 radical (unpaired) electrons. The lowest BCUT2D eigenvalue weighted by Gasteiger charge is -2.29. The molecule has 1 aromatic carbocycles. The summed E-state index contributed by atoms with van der Waals surface area (Å²) in [5.41, 5.74) is 8.19. The third kappa shape index (κ3) is 2.38. The van der Waals surface area contributed by atoms with E-state index < -0.39 is 0 Å². The number of nitrogens with two attached hydrogens (primary N) is 1. The summed E-state index contributed by atoms with van der Waals surface area (Å²) in [6.45, 7) is 3.80. The fraction of sp³-hybridized carbons (Fsp3) is 0.471. The number of aromatic nitrogens is 1. The molecule has 1 heterocycles. The molecular weight excluding hydrogens is 246 g/mol. The van der Waals surface area contributed by atoms with Crippen molar-refractivity contribution in [2.75, 3.05) is 11.4 Å². The van der Waals surface area contributed by atoms with Crippen molar-refractivity contribution < 1.29 is 0 Å². The minimum atomic E-state index is 0.568. The van der Waals surface area contributed by atoms with Gasteiger partial charge in [-0.15, -0.1) is 0 Å². The van der Waals surface area contributed by atoms with Gasteiger partial charge in [-0.3, -0.25) is 0 Å². The second kappa shape index (κ2) is 5.80. The highest BCUT2D eigenvalue weighted by Crippen LogP contribution is 2.29. The molecule has 0 spiro atoms. The Morgan fingerprint density at radius 3 is 2.70 bits per heavy atom. The van der Waals surface area contributed by atoms with Crippen LogP contribution in [0.15, 0.2) is 30.3 Å². The zero-order chi connectivity index (χ0) is 13.9. The van der Waals surface area contributed by atoms with Gasteiger partial charge >= 0.3 is 0 Å². The van der Waals surface area contributed by atoms with Crippen LogP contribution in [-0.2, 0) is 6.54 Å². The number of rotatable bonds is 4. The molecule has 3 rings (SSSR count). The zero-order valence-electron chi connectivity index (χ0n) is 12.2. The van der Waals surface area contributed by atoms with E-state index in [4.69, 9.17) is 10.7 Å². The van der Waals surface area contributed by atoms with Gasteiger partial charge in [0.1, 0.15) is 5.82 Å². The predicted molar refractivity (Wildman–Crippen MR) is 84.9 cm³/mol. The average molecular weight is 269 g/mol. The fourth-order valence-electron chi connectivity index (χ4n) is 3.37. The number of anilines is 1. The molecule has 3 heteroatoms. The molecule has 0 atom stereocenters. The number of nitrogens with zero attached hydrogens (tertiary/aromatic N) is 2. The molecule has 20 heavy (non-hydrogen) atoms. The van der Waals surface area contributed by atoms with Crippen molar-refractivity contribution in [3.63, 3.8) is 0 Å². The number of para-hydroxylation sites is 1. The zero-order valence-corrected chi connectivity index (χ0v) is 12.2. The van der Waals surface area contributed by atoms with Crippen LogP contribution in [0.2, 0.25) is 0 Å². The van der Waals surface area contributed by atoms with E-state index in [0.717, 1.165) is 17.9 Å². The van der Waals surface area contributed by atoms with Crippen molar-refractivity contribution in [2.45, 2.75) is 45.2 Å². The Bertz CT molecular complexity index is 588. The SMILES string of the molecule is CCN(c1cc(CN)c2ccccc2n1)C1CCCC1. The van der Waals surface area contributed by atoms with Crippen LogP contribution in [0.1, 0.15) is 38.2 Å². The van der Waals surface area contributed by atoms with Gasteiger partial charge in [-0.2, -0.15) is 0 Å². The molecule has 0 saturated heterocycles. The molecule has 3 nitrogen and oxygen atoms in total. The van der Waals surface area contributed by atoms with Gasteiger partial charge in [0, 0.05) is 24.5 Å². The number of hydrogen-bond acceptors (Lipinski definition) is 3. The average Bonchev–Trinajstić information content (AvgIpc) is 3.01. The van der Waals surface area contributed by atoms with E-state index in [1.807, 2.05) is 6.07 Å². The number of hydrogen-bond donors (Lipinski definition) is 1. The van der Waals surface area contributed by atoms with Crippen molar-refractivity contribution in [1.29, 1.82) is 0 Å². The Balaban J connectivity index is 2.05. The highest BCUT2D eigenvalue weighted by atomic mass is 15.2. The third-order valence-corrected chi connectivity index (χ3v) is 4.41. The summed E-state index contributed by atoms with van der Waals surface area (Å²) < 4.78 is 0. The first-order chi connectivity index (χ1) is 9.83. The molecule has 2 N–H and O–H groups in total. The van der Waals surface area contributed by atoms with E-state index in [9.17, 15) is 0 Å². The van der Waals surface area contributed by atoms with Gasteiger partial charge in [-0.1, -0.05) is 31.0 Å². The molecule has 2 aromatic rings. The Labute approximate surface area is 120 Å². The molecule has 0 unspecified atom stereocenters. The summed E-state index contributed by atoms with van der Waals surface area (Å²) in [5, 5.41) is 1.18. The Morgan fingerprint density at radius 2 is 2.00 bits per heavy atom. The second-order valence-corrected chi connectivity index (χ2v) is 5.59. The van der Waals surface area contributed by atoms with Gasteiger partial charge in [-0.25, -0.2) is 4.98 Å². The van der Waals surface area contributed by atoms with E-state index in [2.05, 4.69) is 36.1 Å². The predicted octanol–water partition coefficient (Wildman–Crippen LogP) is 3.46. The molecule has 1 aliphatic rings. The molecule has 0 aliphatic heterocycles. The normalized spacial score (nSPS) is 15.9. The first-order valence-electron chi connectivity index (χ1n) is 7.69. The first kappa shape index (κ1) is 13.4. The van der Waals surface area contributed by atoms with Gasteiger partial charge in [0.2, 0.25) is 0 Å². The second-order valence-electron chi connectivity index (χ2n) is 5.59. The van der Waals surface area contributed by atoms with Crippen LogP contribution < -0.4 is 10.6 Å². The Kier molecular flexibility index (Phi) is 3.88. The maximum Gasteiger partial charge on any atom is 0.129 e. The van der Waals surface area contributed by atoms with Crippen LogP contribution >= 0.6 is 0 Å². The van der Waals surface area contributed by atoms with Gasteiger partial charge in [0.05, 0.1) is 5.52 Å². The minimum absolute atomic E-state index is 0.568. The summed E-state index contributed by atoms with van der Waals surface area (Å²) in [6, 6.07) is 11.1. The van der Waals surface area contributed by atoms with E-state index in [1.54, 1.807) is 0 Å². The summed E-state index contributed by atoms with van der Waals surface area (Å²) in [4.78, 5) is 7.33. The van der Waals surface area contributed by atoms with E-state index in [1.165, 1.54) is 36.6 Å². The van der Waals surface area contributed by atoms with Crippen molar-refractivity contribution in [3.8, 4) is 0 Å². The summed E-state index contributed by atoms with van der Waals surface area (Å²) in [6.07, 6.45) is 5.28. The third-order valence-electron chi connectivity index (χ3n) is 4.41. The lowest BCUT2D eigenvalue weighted by atomic mass is 10.1. The Hall–Kier alpha value is -1.61. The molecule has 1 aromatic heterocycles. The lowest BCUT2D eigenvalue weighted by Crippen LogP contribution is -2.33. The van der Waals surface area contributed by atoms with Crippen LogP contribution in [0.4, 0.5) is 5.82 Å². The van der Waals surface area contributed by atoms with Gasteiger partial charge < -0.3 is 10.6 Å². The van der Waals surface area contributed by atoms with Crippen molar-refractivity contribution >= 4 is 16.7 Å². The van der Waals surface area contributed by atoms with E-state index in [-0.39, 0.29) is 0 Å². The van der Waals surface area contributed by atoms with Crippen LogP contribution in [-0.4, -0.2) is 17.6 Å². The topological polar surface area (TPSA) is 42.1 Å². The van der Waals surface area contributed by atoms with Crippen LogP contribution in [0.25, 0.3) is 10.9 Å². The summed E-state index contributed by atoms with van der Waals surface area (Å²) in [7, 11) is 0. The molecule has 0 bridgehead atoms. The van der Waals surface area contributed by atoms with Gasteiger partial charge in [0.25, 0.3) is 0 Å². The highest BCUT2D eigenvalue weighted by molar-refractivity contribution is 5.84. The largest absolute Gasteiger partial charge is 0.354 e. The van der Waals surface area contributed by atoms with Crippen molar-refractivity contribution in [1.82, 2.24) is 4.98 Å². The molecule has 106 valence electrons. The first-order valence-corrected chi connectivity index (χ1v) is 7.69. The standard InChI is InChI=1S/C17H23N3/c1-2-20(14-7-3-4-8-14)17-11-13(12-18)15-9-5-6-10-16(15)19-17/h5-6,9-11,14H,2-4,7-8,12,18H2,1H3. The number of pyridine rings is 1. The highest BCUT2D eigenvalue weighted by Gasteiger charge is 2.23. The van der Waals surface area contributed by atoms with E-state index >= 15 is 0 Å². The molecule has 1 saturated carbocycles. The maximum atomic E-state index is 5.93. The summed E-state index contributed by atoms with van der Waals surface area (Å²) >= 11 is 0. The quantitative estimate of drug-likeness (QED) is 0.924. The number of fused-ring (bicyclic) bond motifs is 1. The van der Waals surface area contributed by atoms with Crippen LogP contribution in [0.3, 0.4) is 0 Å². The molecular formula is C17H23N3. The smallest absolute Gasteiger partial charge is 0.129 e. The lowest BCUT2D eigenvalue weighted by molar-refractivity contribution is 0.614. The number of benzene rings is 1. The maximum absolute atomic E-state index is 5.93.